The van der Waals surface area contributed by atoms with Crippen LogP contribution in [0.1, 0.15) is 12.5 Å². The minimum Gasteiger partial charge on any atom is -0.490 e. The van der Waals surface area contributed by atoms with Gasteiger partial charge in [0.25, 0.3) is 11.1 Å². The monoisotopic (exact) mass is 396 g/mol. The molecule has 0 bridgehead atoms. The molecule has 23 heavy (non-hydrogen) atoms. The molecular formula is C15H13BrN2O4S. The van der Waals surface area contributed by atoms with Crippen molar-refractivity contribution in [3.63, 3.8) is 0 Å². The van der Waals surface area contributed by atoms with Crippen LogP contribution in [0.4, 0.5) is 4.79 Å². The number of hydrogen-bond donors (Lipinski definition) is 0. The first-order valence-electron chi connectivity index (χ1n) is 6.65. The number of carbonyl (C=O) groups is 2. The van der Waals surface area contributed by atoms with Crippen LogP contribution in [-0.2, 0) is 4.79 Å². The Labute approximate surface area is 146 Å². The van der Waals surface area contributed by atoms with Crippen molar-refractivity contribution in [3.8, 4) is 17.6 Å². The van der Waals surface area contributed by atoms with Gasteiger partial charge >= 0.3 is 0 Å². The number of amides is 2. The third kappa shape index (κ3) is 3.86. The van der Waals surface area contributed by atoms with Crippen LogP contribution in [0.15, 0.2) is 21.5 Å². The lowest BCUT2D eigenvalue weighted by atomic mass is 10.2. The van der Waals surface area contributed by atoms with Gasteiger partial charge in [-0.3, -0.25) is 14.5 Å². The third-order valence-corrected chi connectivity index (χ3v) is 4.58. The van der Waals surface area contributed by atoms with Gasteiger partial charge in [0.15, 0.2) is 18.1 Å². The molecule has 1 aromatic carbocycles. The lowest BCUT2D eigenvalue weighted by molar-refractivity contribution is -0.121. The highest BCUT2D eigenvalue weighted by Gasteiger charge is 2.32. The van der Waals surface area contributed by atoms with Crippen molar-refractivity contribution in [2.24, 2.45) is 0 Å². The van der Waals surface area contributed by atoms with Crippen molar-refractivity contribution >= 4 is 44.9 Å². The number of halogens is 1. The Bertz CT molecular complexity index is 727. The summed E-state index contributed by atoms with van der Waals surface area (Å²) in [5, 5.41) is 8.32. The molecule has 2 amide bonds. The first kappa shape index (κ1) is 17.4. The summed E-state index contributed by atoms with van der Waals surface area (Å²) >= 11 is 4.28. The number of hydrogen-bond acceptors (Lipinski definition) is 6. The zero-order valence-electron chi connectivity index (χ0n) is 12.5. The summed E-state index contributed by atoms with van der Waals surface area (Å²) in [6, 6.07) is 5.27. The normalized spacial score (nSPS) is 15.9. The quantitative estimate of drug-likeness (QED) is 0.709. The average Bonchev–Trinajstić information content (AvgIpc) is 2.76. The van der Waals surface area contributed by atoms with Crippen LogP contribution in [0.25, 0.3) is 6.08 Å². The van der Waals surface area contributed by atoms with Crippen molar-refractivity contribution in [2.45, 2.75) is 6.92 Å². The summed E-state index contributed by atoms with van der Waals surface area (Å²) < 4.78 is 11.5. The maximum Gasteiger partial charge on any atom is 0.293 e. The van der Waals surface area contributed by atoms with E-state index in [4.69, 9.17) is 14.7 Å². The summed E-state index contributed by atoms with van der Waals surface area (Å²) in [6.07, 6.45) is 1.62. The molecule has 2 rings (SSSR count). The van der Waals surface area contributed by atoms with E-state index in [1.807, 2.05) is 13.0 Å². The molecule has 8 heteroatoms. The molecule has 1 fully saturated rings. The number of likely N-dealkylation sites (N-methyl/N-ethyl adjacent to an activating group) is 1. The van der Waals surface area contributed by atoms with E-state index < -0.39 is 0 Å². The standard InChI is InChI=1S/C15H13BrN2O4S/c1-3-21-11-6-9(10(16)8-12(11)22-5-4-17)7-13-14(19)18(2)15(20)23-13/h6-8H,3,5H2,1-2H3/b13-7-. The Morgan fingerprint density at radius 1 is 1.35 bits per heavy atom. The third-order valence-electron chi connectivity index (χ3n) is 2.93. The predicted molar refractivity (Wildman–Crippen MR) is 90.2 cm³/mol. The summed E-state index contributed by atoms with van der Waals surface area (Å²) in [7, 11) is 1.44. The second-order valence-electron chi connectivity index (χ2n) is 4.44. The number of ether oxygens (including phenoxy) is 2. The minimum atomic E-state index is -0.338. The second kappa shape index (κ2) is 7.53. The van der Waals surface area contributed by atoms with Crippen molar-refractivity contribution in [1.29, 1.82) is 5.26 Å². The molecule has 0 unspecified atom stereocenters. The Hall–Kier alpha value is -1.98. The topological polar surface area (TPSA) is 79.6 Å². The van der Waals surface area contributed by atoms with Crippen LogP contribution in [0.5, 0.6) is 11.5 Å². The molecule has 6 nitrogen and oxygen atoms in total. The van der Waals surface area contributed by atoms with Crippen LogP contribution >= 0.6 is 27.7 Å². The van der Waals surface area contributed by atoms with Crippen LogP contribution in [0.3, 0.4) is 0 Å². The van der Waals surface area contributed by atoms with Crippen molar-refractivity contribution in [2.75, 3.05) is 20.3 Å². The molecule has 0 atom stereocenters. The molecule has 1 heterocycles. The zero-order chi connectivity index (χ0) is 17.0. The lowest BCUT2D eigenvalue weighted by Crippen LogP contribution is -2.22. The highest BCUT2D eigenvalue weighted by atomic mass is 79.9. The highest BCUT2D eigenvalue weighted by molar-refractivity contribution is 9.10. The zero-order valence-corrected chi connectivity index (χ0v) is 14.9. The van der Waals surface area contributed by atoms with Gasteiger partial charge in [-0.2, -0.15) is 5.26 Å². The van der Waals surface area contributed by atoms with Gasteiger partial charge in [-0.1, -0.05) is 15.9 Å². The number of nitrogens with zero attached hydrogens (tertiary/aromatic N) is 2. The number of imide groups is 1. The Morgan fingerprint density at radius 2 is 2.04 bits per heavy atom. The predicted octanol–water partition coefficient (Wildman–Crippen LogP) is 3.42. The average molecular weight is 397 g/mol. The molecule has 0 radical (unpaired) electrons. The van der Waals surface area contributed by atoms with E-state index in [0.717, 1.165) is 16.7 Å². The summed E-state index contributed by atoms with van der Waals surface area (Å²) in [5.41, 5.74) is 0.678. The highest BCUT2D eigenvalue weighted by Crippen LogP contribution is 2.37. The second-order valence-corrected chi connectivity index (χ2v) is 6.29. The van der Waals surface area contributed by atoms with E-state index >= 15 is 0 Å². The van der Waals surface area contributed by atoms with Crippen LogP contribution in [0, 0.1) is 11.3 Å². The molecular weight excluding hydrogens is 384 g/mol. The molecule has 1 saturated heterocycles. The molecule has 1 aromatic rings. The Balaban J connectivity index is 2.40. The van der Waals surface area contributed by atoms with Gasteiger partial charge in [0, 0.05) is 11.5 Å². The number of benzene rings is 1. The van der Waals surface area contributed by atoms with Gasteiger partial charge in [0.05, 0.1) is 11.5 Å². The first-order valence-corrected chi connectivity index (χ1v) is 8.26. The van der Waals surface area contributed by atoms with Crippen LogP contribution in [-0.4, -0.2) is 36.3 Å². The van der Waals surface area contributed by atoms with E-state index in [1.54, 1.807) is 18.2 Å². The molecule has 1 aliphatic rings. The fourth-order valence-electron chi connectivity index (χ4n) is 1.84. The smallest absolute Gasteiger partial charge is 0.293 e. The van der Waals surface area contributed by atoms with E-state index in [2.05, 4.69) is 15.9 Å². The number of thioether (sulfide) groups is 1. The molecule has 0 aliphatic carbocycles. The van der Waals surface area contributed by atoms with Crippen molar-refractivity contribution < 1.29 is 19.1 Å². The molecule has 120 valence electrons. The summed E-state index contributed by atoms with van der Waals surface area (Å²) in [5.74, 6) is 0.559. The number of carbonyl (C=O) groups excluding carboxylic acids is 2. The van der Waals surface area contributed by atoms with E-state index in [1.165, 1.54) is 7.05 Å². The van der Waals surface area contributed by atoms with Gasteiger partial charge in [-0.25, -0.2) is 0 Å². The SMILES string of the molecule is CCOc1cc(/C=C2\SC(=O)N(C)C2=O)c(Br)cc1OCC#N. The largest absolute Gasteiger partial charge is 0.490 e. The van der Waals surface area contributed by atoms with Crippen LogP contribution in [0.2, 0.25) is 0 Å². The van der Waals surface area contributed by atoms with Crippen molar-refractivity contribution in [3.05, 3.63) is 27.1 Å². The van der Waals surface area contributed by atoms with Gasteiger partial charge in [-0.05, 0) is 42.5 Å². The van der Waals surface area contributed by atoms with Gasteiger partial charge in [-0.15, -0.1) is 0 Å². The Morgan fingerprint density at radius 3 is 2.61 bits per heavy atom. The van der Waals surface area contributed by atoms with Crippen LogP contribution < -0.4 is 9.47 Å². The van der Waals surface area contributed by atoms with E-state index in [9.17, 15) is 9.59 Å². The molecule has 1 aliphatic heterocycles. The molecule has 0 N–H and O–H groups in total. The summed E-state index contributed by atoms with van der Waals surface area (Å²) in [6.45, 7) is 2.16. The number of nitriles is 1. The van der Waals surface area contributed by atoms with Gasteiger partial charge in [0.1, 0.15) is 6.07 Å². The first-order chi connectivity index (χ1) is 11.0. The number of rotatable bonds is 5. The molecule has 0 spiro atoms. The van der Waals surface area contributed by atoms with Gasteiger partial charge < -0.3 is 9.47 Å². The lowest BCUT2D eigenvalue weighted by Gasteiger charge is -2.12. The van der Waals surface area contributed by atoms with Crippen molar-refractivity contribution in [1.82, 2.24) is 4.90 Å². The molecule has 0 aromatic heterocycles. The molecule has 0 saturated carbocycles. The van der Waals surface area contributed by atoms with E-state index in [0.29, 0.717) is 33.0 Å². The fourth-order valence-corrected chi connectivity index (χ4v) is 3.09. The summed E-state index contributed by atoms with van der Waals surface area (Å²) in [4.78, 5) is 24.9. The maximum atomic E-state index is 12.0. The fraction of sp³-hybridized carbons (Fsp3) is 0.267. The Kier molecular flexibility index (Phi) is 5.69. The van der Waals surface area contributed by atoms with E-state index in [-0.39, 0.29) is 17.8 Å². The maximum absolute atomic E-state index is 12.0. The minimum absolute atomic E-state index is 0.0966. The van der Waals surface area contributed by atoms with Gasteiger partial charge in [0.2, 0.25) is 0 Å².